The molecule has 0 saturated heterocycles. The van der Waals surface area contributed by atoms with Crippen molar-refractivity contribution in [3.63, 3.8) is 0 Å². The van der Waals surface area contributed by atoms with Crippen molar-refractivity contribution in [1.29, 1.82) is 0 Å². The summed E-state index contributed by atoms with van der Waals surface area (Å²) in [5, 5.41) is 16.8. The molecule has 0 fully saturated rings. The Hall–Kier alpha value is -0.870. The number of aromatic nitrogens is 2. The highest BCUT2D eigenvalue weighted by Crippen LogP contribution is 2.15. The van der Waals surface area contributed by atoms with Crippen LogP contribution in [0.3, 0.4) is 0 Å². The molecule has 0 amide bonds. The lowest BCUT2D eigenvalue weighted by Gasteiger charge is -2.11. The van der Waals surface area contributed by atoms with Crippen molar-refractivity contribution in [2.45, 2.75) is 46.2 Å². The SMILES string of the molecule is CCc1nn(C)c(CC)c1CNC(C)CO. The summed E-state index contributed by atoms with van der Waals surface area (Å²) in [6.07, 6.45) is 1.95. The number of rotatable bonds is 6. The third-order valence-electron chi connectivity index (χ3n) is 2.93. The fourth-order valence-corrected chi connectivity index (χ4v) is 1.93. The van der Waals surface area contributed by atoms with Gasteiger partial charge in [-0.05, 0) is 19.8 Å². The van der Waals surface area contributed by atoms with Crippen molar-refractivity contribution in [1.82, 2.24) is 15.1 Å². The van der Waals surface area contributed by atoms with E-state index < -0.39 is 0 Å². The zero-order chi connectivity index (χ0) is 12.1. The van der Waals surface area contributed by atoms with Crippen LogP contribution in [0.2, 0.25) is 0 Å². The summed E-state index contributed by atoms with van der Waals surface area (Å²) in [4.78, 5) is 0. The van der Waals surface area contributed by atoms with E-state index in [4.69, 9.17) is 5.11 Å². The predicted octanol–water partition coefficient (Wildman–Crippen LogP) is 1.02. The normalized spacial score (nSPS) is 13.1. The van der Waals surface area contributed by atoms with Gasteiger partial charge in [0.05, 0.1) is 12.3 Å². The van der Waals surface area contributed by atoms with Crippen LogP contribution < -0.4 is 5.32 Å². The first-order valence-corrected chi connectivity index (χ1v) is 6.01. The Morgan fingerprint density at radius 2 is 2.06 bits per heavy atom. The lowest BCUT2D eigenvalue weighted by Crippen LogP contribution is -2.29. The molecular weight excluding hydrogens is 202 g/mol. The number of hydrogen-bond donors (Lipinski definition) is 2. The molecule has 1 heterocycles. The molecule has 0 radical (unpaired) electrons. The van der Waals surface area contributed by atoms with E-state index in [2.05, 4.69) is 24.3 Å². The van der Waals surface area contributed by atoms with Crippen molar-refractivity contribution in [3.05, 3.63) is 17.0 Å². The van der Waals surface area contributed by atoms with Gasteiger partial charge in [0.1, 0.15) is 0 Å². The number of nitrogens with zero attached hydrogens (tertiary/aromatic N) is 2. The maximum absolute atomic E-state index is 8.99. The molecule has 1 atom stereocenters. The average Bonchev–Trinajstić information content (AvgIpc) is 2.61. The van der Waals surface area contributed by atoms with E-state index in [0.29, 0.717) is 0 Å². The van der Waals surface area contributed by atoms with Crippen LogP contribution >= 0.6 is 0 Å². The molecule has 1 aromatic heterocycles. The number of aliphatic hydroxyl groups is 1. The van der Waals surface area contributed by atoms with E-state index in [-0.39, 0.29) is 12.6 Å². The minimum atomic E-state index is 0.134. The van der Waals surface area contributed by atoms with Crippen LogP contribution in [-0.4, -0.2) is 27.5 Å². The summed E-state index contributed by atoms with van der Waals surface area (Å²) in [6, 6.07) is 0.134. The molecule has 4 heteroatoms. The summed E-state index contributed by atoms with van der Waals surface area (Å²) in [5.74, 6) is 0. The molecule has 16 heavy (non-hydrogen) atoms. The van der Waals surface area contributed by atoms with Crippen LogP contribution in [0, 0.1) is 0 Å². The van der Waals surface area contributed by atoms with Crippen LogP contribution in [0.25, 0.3) is 0 Å². The van der Waals surface area contributed by atoms with E-state index in [9.17, 15) is 0 Å². The van der Waals surface area contributed by atoms with E-state index in [1.165, 1.54) is 11.3 Å². The molecule has 4 nitrogen and oxygen atoms in total. The monoisotopic (exact) mass is 225 g/mol. The third-order valence-corrected chi connectivity index (χ3v) is 2.93. The highest BCUT2D eigenvalue weighted by molar-refractivity contribution is 5.26. The summed E-state index contributed by atoms with van der Waals surface area (Å²) in [5.41, 5.74) is 3.75. The van der Waals surface area contributed by atoms with Crippen LogP contribution in [0.4, 0.5) is 0 Å². The van der Waals surface area contributed by atoms with Gasteiger partial charge in [-0.25, -0.2) is 0 Å². The lowest BCUT2D eigenvalue weighted by molar-refractivity contribution is 0.251. The zero-order valence-corrected chi connectivity index (χ0v) is 10.7. The Morgan fingerprint density at radius 1 is 1.38 bits per heavy atom. The molecule has 1 rings (SSSR count). The predicted molar refractivity (Wildman–Crippen MR) is 65.4 cm³/mol. The molecule has 0 aliphatic heterocycles. The fourth-order valence-electron chi connectivity index (χ4n) is 1.93. The molecule has 0 aliphatic rings. The molecule has 0 bridgehead atoms. The molecule has 0 saturated carbocycles. The van der Waals surface area contributed by atoms with Gasteiger partial charge in [0.15, 0.2) is 0 Å². The second-order valence-corrected chi connectivity index (χ2v) is 4.17. The van der Waals surface area contributed by atoms with E-state index in [1.54, 1.807) is 0 Å². The third kappa shape index (κ3) is 2.83. The van der Waals surface area contributed by atoms with E-state index in [1.807, 2.05) is 18.7 Å². The van der Waals surface area contributed by atoms with Gasteiger partial charge in [-0.3, -0.25) is 4.68 Å². The molecule has 92 valence electrons. The van der Waals surface area contributed by atoms with Gasteiger partial charge in [0, 0.05) is 30.9 Å². The first kappa shape index (κ1) is 13.2. The highest BCUT2D eigenvalue weighted by atomic mass is 16.3. The summed E-state index contributed by atoms with van der Waals surface area (Å²) in [6.45, 7) is 7.22. The van der Waals surface area contributed by atoms with Crippen LogP contribution in [0.1, 0.15) is 37.7 Å². The Kier molecular flexibility index (Phi) is 4.96. The number of nitrogens with one attached hydrogen (secondary N) is 1. The number of aryl methyl sites for hydroxylation is 2. The fraction of sp³-hybridized carbons (Fsp3) is 0.750. The molecule has 1 aromatic rings. The highest BCUT2D eigenvalue weighted by Gasteiger charge is 2.13. The average molecular weight is 225 g/mol. The first-order valence-electron chi connectivity index (χ1n) is 6.01. The second-order valence-electron chi connectivity index (χ2n) is 4.17. The minimum Gasteiger partial charge on any atom is -0.395 e. The molecule has 1 unspecified atom stereocenters. The first-order chi connectivity index (χ1) is 7.63. The Morgan fingerprint density at radius 3 is 2.56 bits per heavy atom. The van der Waals surface area contributed by atoms with Crippen molar-refractivity contribution >= 4 is 0 Å². The summed E-state index contributed by atoms with van der Waals surface area (Å²) in [7, 11) is 2.00. The molecular formula is C12H23N3O. The van der Waals surface area contributed by atoms with Crippen molar-refractivity contribution < 1.29 is 5.11 Å². The van der Waals surface area contributed by atoms with Crippen molar-refractivity contribution in [2.24, 2.45) is 7.05 Å². The maximum atomic E-state index is 8.99. The van der Waals surface area contributed by atoms with Gasteiger partial charge < -0.3 is 10.4 Å². The van der Waals surface area contributed by atoms with Gasteiger partial charge in [0.2, 0.25) is 0 Å². The lowest BCUT2D eigenvalue weighted by atomic mass is 10.1. The van der Waals surface area contributed by atoms with Gasteiger partial charge in [-0.2, -0.15) is 5.10 Å². The van der Waals surface area contributed by atoms with E-state index in [0.717, 1.165) is 25.1 Å². The van der Waals surface area contributed by atoms with Gasteiger partial charge >= 0.3 is 0 Å². The minimum absolute atomic E-state index is 0.134. The summed E-state index contributed by atoms with van der Waals surface area (Å²) >= 11 is 0. The number of hydrogen-bond acceptors (Lipinski definition) is 3. The topological polar surface area (TPSA) is 50.1 Å². The molecule has 0 aliphatic carbocycles. The maximum Gasteiger partial charge on any atom is 0.0669 e. The van der Waals surface area contributed by atoms with Gasteiger partial charge in [0.25, 0.3) is 0 Å². The van der Waals surface area contributed by atoms with Gasteiger partial charge in [-0.1, -0.05) is 13.8 Å². The Labute approximate surface area is 97.7 Å². The Balaban J connectivity index is 2.83. The second kappa shape index (κ2) is 6.01. The summed E-state index contributed by atoms with van der Waals surface area (Å²) < 4.78 is 1.97. The molecule has 0 spiro atoms. The molecule has 2 N–H and O–H groups in total. The van der Waals surface area contributed by atoms with Crippen LogP contribution in [0.5, 0.6) is 0 Å². The quantitative estimate of drug-likeness (QED) is 0.760. The van der Waals surface area contributed by atoms with E-state index >= 15 is 0 Å². The standard InChI is InChI=1S/C12H23N3O/c1-5-11-10(7-13-9(3)8-16)12(6-2)15(4)14-11/h9,13,16H,5-8H2,1-4H3. The van der Waals surface area contributed by atoms with Crippen LogP contribution in [-0.2, 0) is 26.4 Å². The Bertz CT molecular complexity index is 333. The zero-order valence-electron chi connectivity index (χ0n) is 10.7. The smallest absolute Gasteiger partial charge is 0.0669 e. The van der Waals surface area contributed by atoms with Gasteiger partial charge in [-0.15, -0.1) is 0 Å². The van der Waals surface area contributed by atoms with Crippen molar-refractivity contribution in [3.8, 4) is 0 Å². The van der Waals surface area contributed by atoms with Crippen molar-refractivity contribution in [2.75, 3.05) is 6.61 Å². The number of aliphatic hydroxyl groups excluding tert-OH is 1. The van der Waals surface area contributed by atoms with Crippen LogP contribution in [0.15, 0.2) is 0 Å². The molecule has 0 aromatic carbocycles. The largest absolute Gasteiger partial charge is 0.395 e.